The van der Waals surface area contributed by atoms with E-state index in [0.717, 1.165) is 12.1 Å². The second-order valence-corrected chi connectivity index (χ2v) is 10.6. The van der Waals surface area contributed by atoms with Crippen LogP contribution in [-0.2, 0) is 23.0 Å². The highest BCUT2D eigenvalue weighted by Gasteiger charge is 2.28. The van der Waals surface area contributed by atoms with E-state index in [1.165, 1.54) is 28.2 Å². The number of sulfonamides is 1. The van der Waals surface area contributed by atoms with E-state index in [-0.39, 0.29) is 23.0 Å². The van der Waals surface area contributed by atoms with Gasteiger partial charge in [-0.2, -0.15) is 4.31 Å². The number of hydrogen-bond donors (Lipinski definition) is 0. The minimum absolute atomic E-state index is 0.0308. The lowest BCUT2D eigenvalue weighted by Gasteiger charge is -2.24. The van der Waals surface area contributed by atoms with E-state index in [2.05, 4.69) is 24.0 Å². The first-order valence-electron chi connectivity index (χ1n) is 11.2. The highest BCUT2D eigenvalue weighted by Crippen LogP contribution is 2.28. The zero-order valence-electron chi connectivity index (χ0n) is 19.3. The van der Waals surface area contributed by atoms with Gasteiger partial charge < -0.3 is 4.90 Å². The fourth-order valence-corrected chi connectivity index (χ4v) is 5.73. The van der Waals surface area contributed by atoms with Crippen molar-refractivity contribution in [2.24, 2.45) is 0 Å². The third kappa shape index (κ3) is 5.10. The molecule has 0 saturated carbocycles. The molecule has 0 fully saturated rings. The maximum atomic E-state index is 13.4. The number of nitro groups is 1. The van der Waals surface area contributed by atoms with Crippen LogP contribution in [0.4, 0.5) is 11.5 Å². The second-order valence-electron chi connectivity index (χ2n) is 8.70. The number of hydrogen-bond acceptors (Lipinski definition) is 6. The van der Waals surface area contributed by atoms with Gasteiger partial charge in [0.2, 0.25) is 10.0 Å². The Morgan fingerprint density at radius 3 is 2.56 bits per heavy atom. The van der Waals surface area contributed by atoms with Gasteiger partial charge in [0.25, 0.3) is 5.69 Å². The largest absolute Gasteiger partial charge is 0.359 e. The summed E-state index contributed by atoms with van der Waals surface area (Å²) in [7, 11) is -1.85. The molecule has 0 saturated heterocycles. The Kier molecular flexibility index (Phi) is 6.95. The summed E-state index contributed by atoms with van der Waals surface area (Å²) in [6.45, 7) is 3.34. The maximum Gasteiger partial charge on any atom is 0.269 e. The van der Waals surface area contributed by atoms with Gasteiger partial charge in [-0.25, -0.2) is 13.4 Å². The molecule has 2 heterocycles. The molecule has 0 N–H and O–H groups in total. The summed E-state index contributed by atoms with van der Waals surface area (Å²) in [4.78, 5) is 17.3. The Morgan fingerprint density at radius 1 is 1.12 bits per heavy atom. The molecule has 1 atom stereocenters. The standard InChI is InChI=1S/C25H28N4O4S/c1-19(20-7-4-3-5-8-20)17-27(2)25-13-12-24(16-26-25)34(32,33)28-14-6-9-21-10-11-23(29(30)31)15-22(21)18-28/h3-5,7-8,10-13,15-16,19H,6,9,14,17-18H2,1-2H3. The van der Waals surface area contributed by atoms with Crippen molar-refractivity contribution >= 4 is 21.5 Å². The van der Waals surface area contributed by atoms with Gasteiger partial charge in [0.1, 0.15) is 10.7 Å². The molecule has 0 aliphatic carbocycles. The van der Waals surface area contributed by atoms with E-state index in [1.54, 1.807) is 18.2 Å². The lowest BCUT2D eigenvalue weighted by molar-refractivity contribution is -0.384. The molecule has 1 unspecified atom stereocenters. The number of aromatic nitrogens is 1. The molecule has 178 valence electrons. The van der Waals surface area contributed by atoms with Gasteiger partial charge >= 0.3 is 0 Å². The highest BCUT2D eigenvalue weighted by molar-refractivity contribution is 7.89. The van der Waals surface area contributed by atoms with E-state index in [9.17, 15) is 18.5 Å². The number of likely N-dealkylation sites (N-methyl/N-ethyl adjacent to an activating group) is 1. The molecule has 1 aromatic heterocycles. The van der Waals surface area contributed by atoms with Gasteiger partial charge in [-0.15, -0.1) is 0 Å². The fourth-order valence-electron chi connectivity index (χ4n) is 4.33. The topological polar surface area (TPSA) is 96.7 Å². The molecular weight excluding hydrogens is 452 g/mol. The van der Waals surface area contributed by atoms with Gasteiger partial charge in [-0.1, -0.05) is 43.3 Å². The predicted octanol–water partition coefficient (Wildman–Crippen LogP) is 4.37. The molecule has 0 bridgehead atoms. The van der Waals surface area contributed by atoms with E-state index in [1.807, 2.05) is 30.1 Å². The number of nitro benzene ring substituents is 1. The van der Waals surface area contributed by atoms with E-state index in [4.69, 9.17) is 0 Å². The summed E-state index contributed by atoms with van der Waals surface area (Å²) >= 11 is 0. The van der Waals surface area contributed by atoms with Gasteiger partial charge in [0, 0.05) is 45.0 Å². The van der Waals surface area contributed by atoms with Gasteiger partial charge in [0.15, 0.2) is 0 Å². The third-order valence-electron chi connectivity index (χ3n) is 6.27. The van der Waals surface area contributed by atoms with E-state index >= 15 is 0 Å². The molecule has 0 spiro atoms. The van der Waals surface area contributed by atoms with Crippen LogP contribution >= 0.6 is 0 Å². The number of benzene rings is 2. The highest BCUT2D eigenvalue weighted by atomic mass is 32.2. The molecule has 2 aromatic carbocycles. The average molecular weight is 481 g/mol. The SMILES string of the molecule is CC(CN(C)c1ccc(S(=O)(=O)N2CCCc3ccc([N+](=O)[O-])cc3C2)cn1)c1ccccc1. The summed E-state index contributed by atoms with van der Waals surface area (Å²) in [5.74, 6) is 0.983. The second kappa shape index (κ2) is 9.90. The Hall–Kier alpha value is -3.30. The van der Waals surface area contributed by atoms with Crippen molar-refractivity contribution in [1.82, 2.24) is 9.29 Å². The Morgan fingerprint density at radius 2 is 1.88 bits per heavy atom. The molecule has 1 aliphatic heterocycles. The molecule has 1 aliphatic rings. The van der Waals surface area contributed by atoms with Crippen molar-refractivity contribution in [3.05, 3.63) is 93.7 Å². The van der Waals surface area contributed by atoms with Crippen LogP contribution < -0.4 is 4.90 Å². The van der Waals surface area contributed by atoms with Crippen molar-refractivity contribution in [3.63, 3.8) is 0 Å². The van der Waals surface area contributed by atoms with Crippen LogP contribution in [0.2, 0.25) is 0 Å². The molecular formula is C25H28N4O4S. The molecule has 0 radical (unpaired) electrons. The quantitative estimate of drug-likeness (QED) is 0.368. The molecule has 3 aromatic rings. The zero-order valence-corrected chi connectivity index (χ0v) is 20.1. The molecule has 8 nitrogen and oxygen atoms in total. The van der Waals surface area contributed by atoms with Crippen LogP contribution in [0.5, 0.6) is 0 Å². The summed E-state index contributed by atoms with van der Waals surface area (Å²) < 4.78 is 28.1. The molecule has 9 heteroatoms. The zero-order chi connectivity index (χ0) is 24.3. The first-order chi connectivity index (χ1) is 16.3. The van der Waals surface area contributed by atoms with Crippen LogP contribution in [0.1, 0.15) is 36.0 Å². The van der Waals surface area contributed by atoms with E-state index in [0.29, 0.717) is 30.8 Å². The fraction of sp³-hybridized carbons (Fsp3) is 0.320. The number of non-ortho nitro benzene ring substituents is 1. The molecule has 34 heavy (non-hydrogen) atoms. The Bertz CT molecular complexity index is 1260. The van der Waals surface area contributed by atoms with Crippen LogP contribution in [0.3, 0.4) is 0 Å². The van der Waals surface area contributed by atoms with Crippen LogP contribution in [0, 0.1) is 10.1 Å². The third-order valence-corrected chi connectivity index (χ3v) is 8.10. The smallest absolute Gasteiger partial charge is 0.269 e. The number of nitrogens with zero attached hydrogens (tertiary/aromatic N) is 4. The normalized spacial score (nSPS) is 15.2. The Labute approximate surface area is 200 Å². The van der Waals surface area contributed by atoms with Crippen molar-refractivity contribution < 1.29 is 13.3 Å². The van der Waals surface area contributed by atoms with Crippen molar-refractivity contribution in [2.75, 3.05) is 25.0 Å². The van der Waals surface area contributed by atoms with Crippen LogP contribution in [0.15, 0.2) is 71.8 Å². The van der Waals surface area contributed by atoms with Crippen molar-refractivity contribution in [1.29, 1.82) is 0 Å². The van der Waals surface area contributed by atoms with Crippen LogP contribution in [-0.4, -0.2) is 42.8 Å². The first kappa shape index (κ1) is 23.8. The molecule has 4 rings (SSSR count). The Balaban J connectivity index is 1.50. The summed E-state index contributed by atoms with van der Waals surface area (Å²) in [5.41, 5.74) is 2.83. The average Bonchev–Trinajstić information content (AvgIpc) is 3.07. The minimum Gasteiger partial charge on any atom is -0.359 e. The van der Waals surface area contributed by atoms with Crippen molar-refractivity contribution in [2.45, 2.75) is 37.1 Å². The van der Waals surface area contributed by atoms with Gasteiger partial charge in [0.05, 0.1) is 4.92 Å². The maximum absolute atomic E-state index is 13.4. The van der Waals surface area contributed by atoms with Gasteiger partial charge in [-0.05, 0) is 47.6 Å². The van der Waals surface area contributed by atoms with Crippen molar-refractivity contribution in [3.8, 4) is 0 Å². The minimum atomic E-state index is -3.79. The summed E-state index contributed by atoms with van der Waals surface area (Å²) in [6.07, 6.45) is 2.73. The monoisotopic (exact) mass is 480 g/mol. The number of fused-ring (bicyclic) bond motifs is 1. The number of pyridine rings is 1. The lowest BCUT2D eigenvalue weighted by atomic mass is 10.0. The summed E-state index contributed by atoms with van der Waals surface area (Å²) in [6, 6.07) is 18.2. The molecule has 0 amide bonds. The lowest BCUT2D eigenvalue weighted by Crippen LogP contribution is -2.31. The number of aryl methyl sites for hydroxylation is 1. The summed E-state index contributed by atoms with van der Waals surface area (Å²) in [5, 5.41) is 11.2. The van der Waals surface area contributed by atoms with Crippen LogP contribution in [0.25, 0.3) is 0 Å². The van der Waals surface area contributed by atoms with E-state index < -0.39 is 14.9 Å². The number of anilines is 1. The number of rotatable bonds is 7. The first-order valence-corrected chi connectivity index (χ1v) is 12.7. The van der Waals surface area contributed by atoms with Gasteiger partial charge in [-0.3, -0.25) is 10.1 Å². The predicted molar refractivity (Wildman–Crippen MR) is 131 cm³/mol.